The summed E-state index contributed by atoms with van der Waals surface area (Å²) in [5.74, 6) is -0.104. The summed E-state index contributed by atoms with van der Waals surface area (Å²) in [6, 6.07) is 15.8. The molecule has 0 bridgehead atoms. The summed E-state index contributed by atoms with van der Waals surface area (Å²) in [5.41, 5.74) is 3.86. The highest BCUT2D eigenvalue weighted by Gasteiger charge is 2.09. The van der Waals surface area contributed by atoms with Crippen LogP contribution in [0.25, 0.3) is 10.6 Å². The third-order valence-corrected chi connectivity index (χ3v) is 4.56. The van der Waals surface area contributed by atoms with Crippen LogP contribution in [-0.2, 0) is 17.8 Å². The van der Waals surface area contributed by atoms with Crippen molar-refractivity contribution in [3.05, 3.63) is 70.7 Å². The Labute approximate surface area is 144 Å². The molecule has 0 spiro atoms. The number of thiazole rings is 1. The molecule has 0 unspecified atom stereocenters. The molecule has 4 nitrogen and oxygen atoms in total. The van der Waals surface area contributed by atoms with Crippen LogP contribution in [0.5, 0.6) is 5.75 Å². The van der Waals surface area contributed by atoms with Crippen LogP contribution < -0.4 is 4.74 Å². The Morgan fingerprint density at radius 3 is 2.83 bits per heavy atom. The summed E-state index contributed by atoms with van der Waals surface area (Å²) in [4.78, 5) is 15.1. The lowest BCUT2D eigenvalue weighted by atomic mass is 10.1. The number of aryl methyl sites for hydroxylation is 1. The Hall–Kier alpha value is -2.66. The molecule has 2 aromatic carbocycles. The van der Waals surface area contributed by atoms with Gasteiger partial charge in [0.1, 0.15) is 17.4 Å². The maximum atomic E-state index is 10.8. The molecular weight excluding hydrogens is 322 g/mol. The molecule has 1 N–H and O–H groups in total. The topological polar surface area (TPSA) is 59.4 Å². The highest BCUT2D eigenvalue weighted by molar-refractivity contribution is 7.13. The molecule has 3 rings (SSSR count). The number of carboxylic acid groups (broad SMARTS) is 1. The molecule has 0 saturated carbocycles. The molecular formula is C19H17NO3S. The van der Waals surface area contributed by atoms with Crippen molar-refractivity contribution in [1.82, 2.24) is 4.98 Å². The van der Waals surface area contributed by atoms with Crippen LogP contribution in [0, 0.1) is 6.92 Å². The van der Waals surface area contributed by atoms with Crippen molar-refractivity contribution >= 4 is 17.3 Å². The van der Waals surface area contributed by atoms with Crippen molar-refractivity contribution in [3.8, 4) is 16.3 Å². The summed E-state index contributed by atoms with van der Waals surface area (Å²) in [5, 5.41) is 11.4. The fourth-order valence-electron chi connectivity index (χ4n) is 2.33. The van der Waals surface area contributed by atoms with Gasteiger partial charge >= 0.3 is 5.97 Å². The number of nitrogens with zero attached hydrogens (tertiary/aromatic N) is 1. The summed E-state index contributed by atoms with van der Waals surface area (Å²) in [6.07, 6.45) is -0.0556. The third kappa shape index (κ3) is 4.00. The van der Waals surface area contributed by atoms with Gasteiger partial charge in [0.25, 0.3) is 0 Å². The first-order valence-corrected chi connectivity index (χ1v) is 8.44. The number of rotatable bonds is 6. The van der Waals surface area contributed by atoms with Crippen LogP contribution in [0.1, 0.15) is 16.8 Å². The summed E-state index contributed by atoms with van der Waals surface area (Å²) >= 11 is 1.44. The SMILES string of the molecule is Cc1ccccc1COc1cccc(-c2nc(CC(=O)O)cs2)c1. The molecule has 1 heterocycles. The van der Waals surface area contributed by atoms with E-state index in [0.717, 1.165) is 21.9 Å². The van der Waals surface area contributed by atoms with Gasteiger partial charge in [-0.25, -0.2) is 4.98 Å². The zero-order valence-electron chi connectivity index (χ0n) is 13.2. The van der Waals surface area contributed by atoms with Gasteiger partial charge in [-0.1, -0.05) is 36.4 Å². The molecule has 0 saturated heterocycles. The predicted octanol–water partition coefficient (Wildman–Crippen LogP) is 4.32. The minimum atomic E-state index is -0.873. The van der Waals surface area contributed by atoms with E-state index in [9.17, 15) is 4.79 Å². The second-order valence-corrected chi connectivity index (χ2v) is 6.32. The number of carbonyl (C=O) groups is 1. The molecule has 1 aromatic heterocycles. The predicted molar refractivity (Wildman–Crippen MR) is 94.4 cm³/mol. The highest BCUT2D eigenvalue weighted by Crippen LogP contribution is 2.27. The molecule has 0 aliphatic carbocycles. The lowest BCUT2D eigenvalue weighted by Crippen LogP contribution is -2.00. The summed E-state index contributed by atoms with van der Waals surface area (Å²) in [6.45, 7) is 2.58. The second kappa shape index (κ2) is 7.27. The van der Waals surface area contributed by atoms with E-state index in [-0.39, 0.29) is 6.42 Å². The third-order valence-electron chi connectivity index (χ3n) is 3.62. The average Bonchev–Trinajstić information content (AvgIpc) is 3.02. The standard InChI is InChI=1S/C19H17NO3S/c1-13-5-2-3-6-15(13)11-23-17-8-4-7-14(9-17)19-20-16(12-24-19)10-18(21)22/h2-9,12H,10-11H2,1H3,(H,21,22). The van der Waals surface area contributed by atoms with Crippen LogP contribution in [0.15, 0.2) is 53.9 Å². The van der Waals surface area contributed by atoms with Gasteiger partial charge in [0.2, 0.25) is 0 Å². The van der Waals surface area contributed by atoms with Crippen molar-refractivity contribution in [2.45, 2.75) is 20.0 Å². The summed E-state index contributed by atoms with van der Waals surface area (Å²) in [7, 11) is 0. The number of aliphatic carboxylic acids is 1. The molecule has 0 aliphatic rings. The molecule has 0 amide bonds. The van der Waals surface area contributed by atoms with Gasteiger partial charge in [-0.3, -0.25) is 4.79 Å². The van der Waals surface area contributed by atoms with Crippen LogP contribution in [0.3, 0.4) is 0 Å². The van der Waals surface area contributed by atoms with Crippen molar-refractivity contribution in [2.75, 3.05) is 0 Å². The van der Waals surface area contributed by atoms with Gasteiger partial charge in [0.15, 0.2) is 0 Å². The van der Waals surface area contributed by atoms with E-state index < -0.39 is 5.97 Å². The fraction of sp³-hybridized carbons (Fsp3) is 0.158. The zero-order chi connectivity index (χ0) is 16.9. The first kappa shape index (κ1) is 16.2. The first-order chi connectivity index (χ1) is 11.6. The minimum absolute atomic E-state index is 0.0556. The molecule has 0 atom stereocenters. The van der Waals surface area contributed by atoms with Crippen molar-refractivity contribution < 1.29 is 14.6 Å². The van der Waals surface area contributed by atoms with E-state index in [1.807, 2.05) is 36.4 Å². The number of benzene rings is 2. The van der Waals surface area contributed by atoms with Crippen molar-refractivity contribution in [1.29, 1.82) is 0 Å². The van der Waals surface area contributed by atoms with Gasteiger partial charge in [0.05, 0.1) is 12.1 Å². The Kier molecular flexibility index (Phi) is 4.91. The number of ether oxygens (including phenoxy) is 1. The molecule has 0 aliphatic heterocycles. The molecule has 24 heavy (non-hydrogen) atoms. The van der Waals surface area contributed by atoms with Crippen LogP contribution in [0.4, 0.5) is 0 Å². The Morgan fingerprint density at radius 1 is 1.21 bits per heavy atom. The van der Waals surface area contributed by atoms with Gasteiger partial charge in [0, 0.05) is 10.9 Å². The van der Waals surface area contributed by atoms with E-state index in [2.05, 4.69) is 24.0 Å². The number of aromatic nitrogens is 1. The lowest BCUT2D eigenvalue weighted by molar-refractivity contribution is -0.136. The smallest absolute Gasteiger partial charge is 0.309 e. The van der Waals surface area contributed by atoms with Crippen molar-refractivity contribution in [3.63, 3.8) is 0 Å². The van der Waals surface area contributed by atoms with Crippen molar-refractivity contribution in [2.24, 2.45) is 0 Å². The minimum Gasteiger partial charge on any atom is -0.489 e. The fourth-order valence-corrected chi connectivity index (χ4v) is 3.14. The molecule has 0 fully saturated rings. The van der Waals surface area contributed by atoms with Crippen LogP contribution >= 0.6 is 11.3 Å². The second-order valence-electron chi connectivity index (χ2n) is 5.46. The lowest BCUT2D eigenvalue weighted by Gasteiger charge is -2.09. The maximum absolute atomic E-state index is 10.8. The normalized spacial score (nSPS) is 10.5. The van der Waals surface area contributed by atoms with E-state index in [0.29, 0.717) is 12.3 Å². The van der Waals surface area contributed by atoms with Crippen LogP contribution in [0.2, 0.25) is 0 Å². The molecule has 5 heteroatoms. The maximum Gasteiger partial charge on any atom is 0.309 e. The molecule has 3 aromatic rings. The number of carboxylic acids is 1. The largest absolute Gasteiger partial charge is 0.489 e. The monoisotopic (exact) mass is 339 g/mol. The Balaban J connectivity index is 1.73. The number of hydrogen-bond donors (Lipinski definition) is 1. The quantitative estimate of drug-likeness (QED) is 0.726. The molecule has 122 valence electrons. The van der Waals surface area contributed by atoms with Gasteiger partial charge < -0.3 is 9.84 Å². The highest BCUT2D eigenvalue weighted by atomic mass is 32.1. The first-order valence-electron chi connectivity index (χ1n) is 7.56. The Bertz CT molecular complexity index is 857. The van der Waals surface area contributed by atoms with Gasteiger partial charge in [-0.2, -0.15) is 0 Å². The van der Waals surface area contributed by atoms with Gasteiger partial charge in [-0.15, -0.1) is 11.3 Å². The Morgan fingerprint density at radius 2 is 2.04 bits per heavy atom. The average molecular weight is 339 g/mol. The molecule has 0 radical (unpaired) electrons. The van der Waals surface area contributed by atoms with E-state index in [4.69, 9.17) is 9.84 Å². The van der Waals surface area contributed by atoms with E-state index in [1.165, 1.54) is 16.9 Å². The zero-order valence-corrected chi connectivity index (χ0v) is 14.0. The van der Waals surface area contributed by atoms with E-state index >= 15 is 0 Å². The van der Waals surface area contributed by atoms with Gasteiger partial charge in [-0.05, 0) is 30.2 Å². The number of hydrogen-bond acceptors (Lipinski definition) is 4. The van der Waals surface area contributed by atoms with E-state index in [1.54, 1.807) is 5.38 Å². The van der Waals surface area contributed by atoms with Crippen LogP contribution in [-0.4, -0.2) is 16.1 Å². The summed E-state index contributed by atoms with van der Waals surface area (Å²) < 4.78 is 5.89.